The van der Waals surface area contributed by atoms with Gasteiger partial charge in [0.05, 0.1) is 12.4 Å². The summed E-state index contributed by atoms with van der Waals surface area (Å²) in [5.74, 6) is -4.75. The largest absolute Gasteiger partial charge is 0.481 e. The smallest absolute Gasteiger partial charge is 0.327 e. The molecule has 1 rings (SSSR count). The number of carbonyl (C=O) groups is 5. The first-order valence-corrected chi connectivity index (χ1v) is 9.87. The number of imidazole rings is 1. The van der Waals surface area contributed by atoms with E-state index in [1.54, 1.807) is 0 Å². The summed E-state index contributed by atoms with van der Waals surface area (Å²) in [6, 6.07) is -4.65. The Kier molecular flexibility index (Phi) is 10.5. The highest BCUT2D eigenvalue weighted by Gasteiger charge is 2.28. The van der Waals surface area contributed by atoms with Crippen LogP contribution in [-0.2, 0) is 30.4 Å². The van der Waals surface area contributed by atoms with E-state index in [4.69, 9.17) is 15.9 Å². The van der Waals surface area contributed by atoms with Crippen LogP contribution in [0.1, 0.15) is 25.5 Å². The lowest BCUT2D eigenvalue weighted by molar-refractivity contribution is -0.141. The summed E-state index contributed by atoms with van der Waals surface area (Å²) in [4.78, 5) is 65.4. The van der Waals surface area contributed by atoms with Crippen LogP contribution >= 0.6 is 12.6 Å². The van der Waals surface area contributed by atoms with Crippen molar-refractivity contribution in [2.75, 3.05) is 5.75 Å². The molecule has 0 saturated heterocycles. The molecule has 0 aromatic carbocycles. The Morgan fingerprint density at radius 3 is 2.26 bits per heavy atom. The molecular formula is C17H26N6O7S. The molecule has 0 radical (unpaired) electrons. The highest BCUT2D eigenvalue weighted by Crippen LogP contribution is 2.02. The van der Waals surface area contributed by atoms with Crippen molar-refractivity contribution < 1.29 is 34.2 Å². The van der Waals surface area contributed by atoms with Crippen LogP contribution in [0, 0.1) is 0 Å². The zero-order chi connectivity index (χ0) is 23.6. The van der Waals surface area contributed by atoms with Gasteiger partial charge >= 0.3 is 11.9 Å². The first kappa shape index (κ1) is 25.9. The first-order valence-electron chi connectivity index (χ1n) is 9.24. The minimum absolute atomic E-state index is 0.00798. The lowest BCUT2D eigenvalue weighted by atomic mass is 10.1. The number of aromatic nitrogens is 2. The van der Waals surface area contributed by atoms with Gasteiger partial charge in [-0.3, -0.25) is 19.2 Å². The number of nitrogens with two attached hydrogens (primary N) is 1. The van der Waals surface area contributed by atoms with E-state index >= 15 is 0 Å². The van der Waals surface area contributed by atoms with E-state index in [1.165, 1.54) is 19.4 Å². The van der Waals surface area contributed by atoms with Gasteiger partial charge in [0.1, 0.15) is 18.1 Å². The van der Waals surface area contributed by atoms with Gasteiger partial charge in [0.25, 0.3) is 0 Å². The second-order valence-electron chi connectivity index (χ2n) is 6.69. The molecule has 4 unspecified atom stereocenters. The summed E-state index contributed by atoms with van der Waals surface area (Å²) < 4.78 is 0. The standard InChI is InChI=1S/C17H26N6O7S/c1-8(14(26)23-12(6-31)17(29)30)21-16(28)11(4-9-5-19-7-20-9)22-15(27)10(18)2-3-13(24)25/h5,7-8,10-12,31H,2-4,6,18H2,1H3,(H,19,20)(H,21,28)(H,22,27)(H,23,26)(H,24,25)(H,29,30). The van der Waals surface area contributed by atoms with Gasteiger partial charge in [-0.1, -0.05) is 0 Å². The Bertz CT molecular complexity index is 788. The van der Waals surface area contributed by atoms with E-state index in [1.807, 2.05) is 0 Å². The average Bonchev–Trinajstić information content (AvgIpc) is 3.21. The van der Waals surface area contributed by atoms with Crippen LogP contribution in [0.4, 0.5) is 0 Å². The van der Waals surface area contributed by atoms with Gasteiger partial charge in [-0.05, 0) is 13.3 Å². The number of aliphatic carboxylic acids is 2. The van der Waals surface area contributed by atoms with Gasteiger partial charge < -0.3 is 36.9 Å². The van der Waals surface area contributed by atoms with Crippen LogP contribution in [-0.4, -0.2) is 79.8 Å². The molecule has 172 valence electrons. The number of nitrogens with zero attached hydrogens (tertiary/aromatic N) is 1. The van der Waals surface area contributed by atoms with Crippen molar-refractivity contribution in [2.45, 2.75) is 50.4 Å². The van der Waals surface area contributed by atoms with Crippen LogP contribution in [0.2, 0.25) is 0 Å². The summed E-state index contributed by atoms with van der Waals surface area (Å²) >= 11 is 3.85. The van der Waals surface area contributed by atoms with Crippen LogP contribution in [0.5, 0.6) is 0 Å². The molecule has 0 fully saturated rings. The molecule has 3 amide bonds. The second-order valence-corrected chi connectivity index (χ2v) is 7.06. The van der Waals surface area contributed by atoms with Crippen molar-refractivity contribution >= 4 is 42.3 Å². The molecule has 1 aromatic heterocycles. The van der Waals surface area contributed by atoms with Crippen LogP contribution in [0.15, 0.2) is 12.5 Å². The van der Waals surface area contributed by atoms with Crippen LogP contribution in [0.3, 0.4) is 0 Å². The number of thiol groups is 1. The van der Waals surface area contributed by atoms with Crippen LogP contribution < -0.4 is 21.7 Å². The van der Waals surface area contributed by atoms with E-state index in [0.717, 1.165) is 0 Å². The monoisotopic (exact) mass is 458 g/mol. The third kappa shape index (κ3) is 9.04. The minimum Gasteiger partial charge on any atom is -0.481 e. The zero-order valence-corrected chi connectivity index (χ0v) is 17.6. The van der Waals surface area contributed by atoms with Crippen molar-refractivity contribution in [2.24, 2.45) is 5.73 Å². The van der Waals surface area contributed by atoms with Gasteiger partial charge in [0.2, 0.25) is 17.7 Å². The Morgan fingerprint density at radius 2 is 1.74 bits per heavy atom. The van der Waals surface area contributed by atoms with E-state index in [9.17, 15) is 24.0 Å². The van der Waals surface area contributed by atoms with Crippen molar-refractivity contribution in [3.05, 3.63) is 18.2 Å². The number of carboxylic acid groups (broad SMARTS) is 2. The fourth-order valence-electron chi connectivity index (χ4n) is 2.38. The van der Waals surface area contributed by atoms with Crippen molar-refractivity contribution in [3.63, 3.8) is 0 Å². The number of rotatable bonds is 13. The Hall–Kier alpha value is -3.13. The predicted molar refractivity (Wildman–Crippen MR) is 110 cm³/mol. The highest BCUT2D eigenvalue weighted by molar-refractivity contribution is 7.80. The molecule has 14 heteroatoms. The molecular weight excluding hydrogens is 432 g/mol. The maximum Gasteiger partial charge on any atom is 0.327 e. The highest BCUT2D eigenvalue weighted by atomic mass is 32.1. The summed E-state index contributed by atoms with van der Waals surface area (Å²) in [6.07, 6.45) is 2.37. The number of aromatic amines is 1. The van der Waals surface area contributed by atoms with Crippen LogP contribution in [0.25, 0.3) is 0 Å². The average molecular weight is 458 g/mol. The fraction of sp³-hybridized carbons (Fsp3) is 0.529. The second kappa shape index (κ2) is 12.5. The summed E-state index contributed by atoms with van der Waals surface area (Å²) in [7, 11) is 0. The number of nitrogens with one attached hydrogen (secondary N) is 4. The number of amides is 3. The van der Waals surface area contributed by atoms with Gasteiger partial charge in [-0.2, -0.15) is 12.6 Å². The molecule has 13 nitrogen and oxygen atoms in total. The van der Waals surface area contributed by atoms with Crippen molar-refractivity contribution in [1.29, 1.82) is 0 Å². The van der Waals surface area contributed by atoms with Gasteiger partial charge in [0, 0.05) is 30.5 Å². The molecule has 0 spiro atoms. The molecule has 1 aromatic rings. The number of H-pyrrole nitrogens is 1. The Labute approximate surface area is 183 Å². The third-order valence-electron chi connectivity index (χ3n) is 4.17. The maximum atomic E-state index is 12.7. The summed E-state index contributed by atoms with van der Waals surface area (Å²) in [6.45, 7) is 1.35. The molecule has 0 bridgehead atoms. The fourth-order valence-corrected chi connectivity index (χ4v) is 2.62. The number of carbonyl (C=O) groups excluding carboxylic acids is 3. The molecule has 0 aliphatic rings. The molecule has 4 atom stereocenters. The zero-order valence-electron chi connectivity index (χ0n) is 16.7. The SMILES string of the molecule is CC(NC(=O)C(Cc1cnc[nH]1)NC(=O)C(N)CCC(=O)O)C(=O)NC(CS)C(=O)O. The molecule has 31 heavy (non-hydrogen) atoms. The lowest BCUT2D eigenvalue weighted by Crippen LogP contribution is -2.57. The van der Waals surface area contributed by atoms with E-state index in [0.29, 0.717) is 5.69 Å². The Balaban J connectivity index is 2.81. The quantitative estimate of drug-likeness (QED) is 0.148. The van der Waals surface area contributed by atoms with E-state index in [2.05, 4.69) is 38.5 Å². The minimum atomic E-state index is -1.28. The first-order chi connectivity index (χ1) is 14.5. The van der Waals surface area contributed by atoms with Crippen molar-refractivity contribution in [3.8, 4) is 0 Å². The summed E-state index contributed by atoms with van der Waals surface area (Å²) in [5, 5.41) is 24.8. The maximum absolute atomic E-state index is 12.7. The van der Waals surface area contributed by atoms with E-state index < -0.39 is 53.8 Å². The molecule has 8 N–H and O–H groups in total. The Morgan fingerprint density at radius 1 is 1.10 bits per heavy atom. The van der Waals surface area contributed by atoms with Gasteiger partial charge in [0.15, 0.2) is 0 Å². The molecule has 0 saturated carbocycles. The molecule has 0 aliphatic carbocycles. The predicted octanol–water partition coefficient (Wildman–Crippen LogP) is -2.37. The normalized spacial score (nSPS) is 14.5. The topological polar surface area (TPSA) is 217 Å². The summed E-state index contributed by atoms with van der Waals surface area (Å²) in [5.41, 5.74) is 6.19. The molecule has 0 aliphatic heterocycles. The van der Waals surface area contributed by atoms with E-state index in [-0.39, 0.29) is 25.0 Å². The van der Waals surface area contributed by atoms with Crippen molar-refractivity contribution in [1.82, 2.24) is 25.9 Å². The van der Waals surface area contributed by atoms with Gasteiger partial charge in [-0.25, -0.2) is 9.78 Å². The lowest BCUT2D eigenvalue weighted by Gasteiger charge is -2.23. The third-order valence-corrected chi connectivity index (χ3v) is 4.53. The number of hydrogen-bond acceptors (Lipinski definition) is 8. The van der Waals surface area contributed by atoms with Gasteiger partial charge in [-0.15, -0.1) is 0 Å². The molecule has 1 heterocycles. The number of carboxylic acids is 2. The number of hydrogen-bond donors (Lipinski definition) is 8.